The minimum Gasteiger partial charge on any atom is -0.393 e. The van der Waals surface area contributed by atoms with Crippen molar-refractivity contribution in [2.45, 2.75) is 206 Å². The first-order chi connectivity index (χ1) is 20.9. The summed E-state index contributed by atoms with van der Waals surface area (Å²) in [6, 6.07) is -1.33. The molecule has 0 aromatic carbocycles. The SMILES string of the molecule is CCCCCCCCCCCCCCCC(=O)OC(=O)CC(N)C(=O)OC(=O)CCCCCCCCCCCCCCC. The molecule has 0 aromatic heterocycles. The van der Waals surface area contributed by atoms with Crippen molar-refractivity contribution in [3.8, 4) is 0 Å². The van der Waals surface area contributed by atoms with Gasteiger partial charge in [0.1, 0.15) is 6.04 Å². The third kappa shape index (κ3) is 30.1. The molecule has 0 aromatic rings. The number of ether oxygens (including phenoxy) is 2. The summed E-state index contributed by atoms with van der Waals surface area (Å²) in [5.41, 5.74) is 5.70. The Morgan fingerprint density at radius 3 is 1.02 bits per heavy atom. The van der Waals surface area contributed by atoms with Gasteiger partial charge in [0.05, 0.1) is 6.42 Å². The lowest BCUT2D eigenvalue weighted by Gasteiger charge is -2.10. The Morgan fingerprint density at radius 1 is 0.419 bits per heavy atom. The molecule has 0 saturated carbocycles. The van der Waals surface area contributed by atoms with Crippen LogP contribution in [0.3, 0.4) is 0 Å². The van der Waals surface area contributed by atoms with E-state index in [4.69, 9.17) is 15.2 Å². The number of hydrogen-bond acceptors (Lipinski definition) is 7. The number of carbonyl (C=O) groups excluding carboxylic acids is 4. The summed E-state index contributed by atoms with van der Waals surface area (Å²) in [5.74, 6) is -3.06. The van der Waals surface area contributed by atoms with Crippen molar-refractivity contribution < 1.29 is 28.7 Å². The van der Waals surface area contributed by atoms with Crippen LogP contribution in [-0.4, -0.2) is 29.9 Å². The van der Waals surface area contributed by atoms with Crippen molar-refractivity contribution in [3.05, 3.63) is 0 Å². The van der Waals surface area contributed by atoms with Gasteiger partial charge in [0.15, 0.2) is 0 Å². The monoisotopic (exact) mass is 609 g/mol. The molecule has 0 radical (unpaired) electrons. The van der Waals surface area contributed by atoms with Crippen molar-refractivity contribution in [2.24, 2.45) is 5.73 Å². The van der Waals surface area contributed by atoms with Crippen molar-refractivity contribution in [3.63, 3.8) is 0 Å². The molecule has 0 aliphatic rings. The maximum absolute atomic E-state index is 12.1. The second-order valence-electron chi connectivity index (χ2n) is 12.4. The van der Waals surface area contributed by atoms with Gasteiger partial charge in [0.2, 0.25) is 0 Å². The second kappa shape index (κ2) is 31.7. The van der Waals surface area contributed by atoms with Gasteiger partial charge in [-0.25, -0.2) is 4.79 Å². The predicted octanol–water partition coefficient (Wildman–Crippen LogP) is 9.81. The highest BCUT2D eigenvalue weighted by Crippen LogP contribution is 2.15. The van der Waals surface area contributed by atoms with E-state index in [1.807, 2.05) is 0 Å². The lowest BCUT2D eigenvalue weighted by Crippen LogP contribution is -2.36. The van der Waals surface area contributed by atoms with Crippen LogP contribution in [0.15, 0.2) is 0 Å². The molecule has 0 amide bonds. The molecule has 0 spiro atoms. The van der Waals surface area contributed by atoms with E-state index in [2.05, 4.69) is 13.8 Å². The van der Waals surface area contributed by atoms with E-state index in [0.717, 1.165) is 32.1 Å². The molecule has 0 rings (SSSR count). The lowest BCUT2D eigenvalue weighted by atomic mass is 10.0. The molecule has 7 nitrogen and oxygen atoms in total. The van der Waals surface area contributed by atoms with Crippen LogP contribution in [0.25, 0.3) is 0 Å². The molecule has 1 atom stereocenters. The van der Waals surface area contributed by atoms with Crippen LogP contribution in [0.5, 0.6) is 0 Å². The highest BCUT2D eigenvalue weighted by Gasteiger charge is 2.23. The van der Waals surface area contributed by atoms with Gasteiger partial charge in [-0.15, -0.1) is 0 Å². The van der Waals surface area contributed by atoms with Crippen LogP contribution in [-0.2, 0) is 28.7 Å². The van der Waals surface area contributed by atoms with Crippen LogP contribution in [0.2, 0.25) is 0 Å². The van der Waals surface area contributed by atoms with Crippen LogP contribution < -0.4 is 5.73 Å². The summed E-state index contributed by atoms with van der Waals surface area (Å²) in [7, 11) is 0. The smallest absolute Gasteiger partial charge is 0.331 e. The third-order valence-corrected chi connectivity index (χ3v) is 8.10. The van der Waals surface area contributed by atoms with Gasteiger partial charge in [-0.05, 0) is 12.8 Å². The Morgan fingerprint density at radius 2 is 0.698 bits per heavy atom. The molecule has 252 valence electrons. The van der Waals surface area contributed by atoms with E-state index in [1.165, 1.54) is 122 Å². The van der Waals surface area contributed by atoms with Gasteiger partial charge in [0.25, 0.3) is 0 Å². The summed E-state index contributed by atoms with van der Waals surface area (Å²) in [6.07, 6.45) is 31.2. The van der Waals surface area contributed by atoms with Gasteiger partial charge in [-0.3, -0.25) is 14.4 Å². The number of rotatable bonds is 31. The van der Waals surface area contributed by atoms with Crippen molar-refractivity contribution >= 4 is 23.9 Å². The largest absolute Gasteiger partial charge is 0.393 e. The van der Waals surface area contributed by atoms with Crippen LogP contribution in [0, 0.1) is 0 Å². The van der Waals surface area contributed by atoms with E-state index in [-0.39, 0.29) is 12.8 Å². The molecule has 0 fully saturated rings. The number of nitrogens with two attached hydrogens (primary N) is 1. The Bertz CT molecular complexity index is 695. The molecule has 0 saturated heterocycles. The van der Waals surface area contributed by atoms with Gasteiger partial charge < -0.3 is 15.2 Å². The van der Waals surface area contributed by atoms with Crippen molar-refractivity contribution in [1.82, 2.24) is 0 Å². The fourth-order valence-electron chi connectivity index (χ4n) is 5.30. The quantitative estimate of drug-likeness (QED) is 0.0473. The standard InChI is InChI=1S/C36H67NO6/c1-3-5-7-9-11-13-15-17-19-21-23-25-27-29-33(38)42-35(40)31-32(37)36(41)43-34(39)30-28-26-24-22-20-18-16-14-12-10-8-6-4-2/h32H,3-31,37H2,1-2H3. The highest BCUT2D eigenvalue weighted by molar-refractivity contribution is 5.92. The van der Waals surface area contributed by atoms with Gasteiger partial charge in [-0.1, -0.05) is 168 Å². The molecule has 2 N–H and O–H groups in total. The fourth-order valence-corrected chi connectivity index (χ4v) is 5.30. The Kier molecular flexibility index (Phi) is 30.4. The van der Waals surface area contributed by atoms with E-state index in [0.29, 0.717) is 12.8 Å². The first kappa shape index (κ1) is 41.2. The average molecular weight is 610 g/mol. The van der Waals surface area contributed by atoms with Crippen LogP contribution in [0.1, 0.15) is 200 Å². The molecule has 0 aliphatic heterocycles. The normalized spacial score (nSPS) is 11.8. The van der Waals surface area contributed by atoms with Gasteiger partial charge >= 0.3 is 23.9 Å². The zero-order valence-electron chi connectivity index (χ0n) is 28.1. The minimum absolute atomic E-state index is 0.151. The molecular formula is C36H67NO6. The van der Waals surface area contributed by atoms with Crippen molar-refractivity contribution in [1.29, 1.82) is 0 Å². The van der Waals surface area contributed by atoms with E-state index in [9.17, 15) is 19.2 Å². The third-order valence-electron chi connectivity index (χ3n) is 8.10. The summed E-state index contributed by atoms with van der Waals surface area (Å²) in [4.78, 5) is 47.9. The molecule has 1 unspecified atom stereocenters. The van der Waals surface area contributed by atoms with Crippen molar-refractivity contribution in [2.75, 3.05) is 0 Å². The first-order valence-corrected chi connectivity index (χ1v) is 18.1. The van der Waals surface area contributed by atoms with Gasteiger partial charge in [0, 0.05) is 12.8 Å². The average Bonchev–Trinajstić information content (AvgIpc) is 2.97. The summed E-state index contributed by atoms with van der Waals surface area (Å²) < 4.78 is 9.57. The molecule has 43 heavy (non-hydrogen) atoms. The summed E-state index contributed by atoms with van der Waals surface area (Å²) in [6.45, 7) is 4.48. The molecule has 7 heteroatoms. The molecule has 0 bridgehead atoms. The molecular weight excluding hydrogens is 542 g/mol. The molecule has 0 heterocycles. The lowest BCUT2D eigenvalue weighted by molar-refractivity contribution is -0.166. The topological polar surface area (TPSA) is 113 Å². The number of hydrogen-bond donors (Lipinski definition) is 1. The zero-order chi connectivity index (χ0) is 31.8. The van der Waals surface area contributed by atoms with Crippen LogP contribution >= 0.6 is 0 Å². The zero-order valence-corrected chi connectivity index (χ0v) is 28.1. The summed E-state index contributed by atoms with van der Waals surface area (Å²) in [5, 5.41) is 0. The highest BCUT2D eigenvalue weighted by atomic mass is 16.6. The Hall–Kier alpha value is -1.76. The predicted molar refractivity (Wildman–Crippen MR) is 175 cm³/mol. The Balaban J connectivity index is 3.66. The van der Waals surface area contributed by atoms with Gasteiger partial charge in [-0.2, -0.15) is 0 Å². The van der Waals surface area contributed by atoms with E-state index >= 15 is 0 Å². The first-order valence-electron chi connectivity index (χ1n) is 18.1. The summed E-state index contributed by atoms with van der Waals surface area (Å²) >= 11 is 0. The Labute approximate surface area is 264 Å². The van der Waals surface area contributed by atoms with E-state index < -0.39 is 36.3 Å². The number of esters is 4. The maximum Gasteiger partial charge on any atom is 0.331 e. The number of unbranched alkanes of at least 4 members (excludes halogenated alkanes) is 24. The molecule has 0 aliphatic carbocycles. The fraction of sp³-hybridized carbons (Fsp3) is 0.889. The second-order valence-corrected chi connectivity index (χ2v) is 12.4. The number of carbonyl (C=O) groups is 4. The van der Waals surface area contributed by atoms with E-state index in [1.54, 1.807) is 0 Å². The maximum atomic E-state index is 12.1. The minimum atomic E-state index is -1.33. The van der Waals surface area contributed by atoms with Crippen LogP contribution in [0.4, 0.5) is 0 Å².